The number of carbonyl (C=O) groups excluding carboxylic acids is 1. The molecule has 0 rings (SSSR count). The molecule has 2 unspecified atom stereocenters. The van der Waals surface area contributed by atoms with E-state index >= 15 is 0 Å². The van der Waals surface area contributed by atoms with E-state index in [0.29, 0.717) is 12.8 Å². The summed E-state index contributed by atoms with van der Waals surface area (Å²) in [5.74, 6) is -1.41. The van der Waals surface area contributed by atoms with Gasteiger partial charge in [0.05, 0.1) is 17.7 Å². The second-order valence-electron chi connectivity index (χ2n) is 3.40. The predicted molar refractivity (Wildman–Crippen MR) is 60.8 cm³/mol. The Morgan fingerprint density at radius 2 is 1.80 bits per heavy atom. The molecule has 0 aliphatic rings. The molecule has 0 amide bonds. The second-order valence-corrected chi connectivity index (χ2v) is 4.07. The van der Waals surface area contributed by atoms with Gasteiger partial charge in [-0.2, -0.15) is 0 Å². The van der Waals surface area contributed by atoms with Crippen molar-refractivity contribution in [1.29, 1.82) is 0 Å². The van der Waals surface area contributed by atoms with Gasteiger partial charge in [-0.15, -0.1) is 9.24 Å². The van der Waals surface area contributed by atoms with Gasteiger partial charge in [0.15, 0.2) is 0 Å². The fourth-order valence-corrected chi connectivity index (χ4v) is 2.22. The monoisotopic (exact) mass is 234 g/mol. The van der Waals surface area contributed by atoms with Gasteiger partial charge in [-0.05, 0) is 19.8 Å². The van der Waals surface area contributed by atoms with Crippen molar-refractivity contribution in [2.45, 2.75) is 39.3 Å². The number of hydrogen-bond donors (Lipinski definition) is 1. The first kappa shape index (κ1) is 14.4. The van der Waals surface area contributed by atoms with Gasteiger partial charge >= 0.3 is 11.9 Å². The Hall–Kier alpha value is -0.630. The Morgan fingerprint density at radius 3 is 2.07 bits per heavy atom. The lowest BCUT2D eigenvalue weighted by Crippen LogP contribution is -2.43. The molecule has 0 radical (unpaired) electrons. The molecule has 0 aromatic rings. The maximum absolute atomic E-state index is 11.8. The number of carboxylic acid groups (broad SMARTS) is 1. The first-order chi connectivity index (χ1) is 6.96. The highest BCUT2D eigenvalue weighted by Crippen LogP contribution is 2.37. The van der Waals surface area contributed by atoms with E-state index in [2.05, 4.69) is 9.24 Å². The van der Waals surface area contributed by atoms with Gasteiger partial charge in [-0.1, -0.05) is 13.8 Å². The normalized spacial score (nSPS) is 13.3. The van der Waals surface area contributed by atoms with E-state index in [1.54, 1.807) is 20.8 Å². The Bertz CT molecular complexity index is 236. The first-order valence-corrected chi connectivity index (χ1v) is 5.78. The van der Waals surface area contributed by atoms with Crippen LogP contribution in [0.15, 0.2) is 0 Å². The third-order valence-corrected chi connectivity index (χ3v) is 3.73. The molecule has 0 fully saturated rings. The van der Waals surface area contributed by atoms with Crippen molar-refractivity contribution in [2.75, 3.05) is 6.61 Å². The molecule has 2 atom stereocenters. The van der Waals surface area contributed by atoms with Crippen LogP contribution in [-0.2, 0) is 14.3 Å². The van der Waals surface area contributed by atoms with Crippen molar-refractivity contribution < 1.29 is 19.4 Å². The summed E-state index contributed by atoms with van der Waals surface area (Å²) in [6.07, 6.45) is 0.922. The highest BCUT2D eigenvalue weighted by atomic mass is 31.0. The van der Waals surface area contributed by atoms with Crippen LogP contribution in [-0.4, -0.2) is 29.3 Å². The molecule has 0 saturated carbocycles. The minimum absolute atomic E-state index is 0.275. The van der Waals surface area contributed by atoms with Crippen LogP contribution in [0.3, 0.4) is 0 Å². The zero-order valence-corrected chi connectivity index (χ0v) is 10.6. The Labute approximate surface area is 92.6 Å². The van der Waals surface area contributed by atoms with Gasteiger partial charge in [0, 0.05) is 0 Å². The van der Waals surface area contributed by atoms with Gasteiger partial charge < -0.3 is 9.84 Å². The van der Waals surface area contributed by atoms with E-state index in [1.807, 2.05) is 0 Å². The van der Waals surface area contributed by atoms with Crippen LogP contribution in [0.2, 0.25) is 0 Å². The number of hydrogen-bond acceptors (Lipinski definition) is 3. The standard InChI is InChI=1S/C10H19O4P/c1-4-10(5-2,7(15)8(11)12)9(13)14-6-3/h7H,4-6,15H2,1-3H3,(H,11,12). The van der Waals surface area contributed by atoms with Gasteiger partial charge in [-0.3, -0.25) is 9.59 Å². The van der Waals surface area contributed by atoms with Crippen LogP contribution in [0.5, 0.6) is 0 Å². The molecule has 15 heavy (non-hydrogen) atoms. The number of esters is 1. The van der Waals surface area contributed by atoms with E-state index < -0.39 is 23.0 Å². The topological polar surface area (TPSA) is 63.6 Å². The maximum atomic E-state index is 11.8. The van der Waals surface area contributed by atoms with E-state index in [4.69, 9.17) is 9.84 Å². The zero-order valence-electron chi connectivity index (χ0n) is 9.45. The average molecular weight is 234 g/mol. The quantitative estimate of drug-likeness (QED) is 0.561. The minimum atomic E-state index is -0.989. The van der Waals surface area contributed by atoms with Crippen LogP contribution in [0.4, 0.5) is 0 Å². The molecule has 0 aromatic heterocycles. The molecule has 88 valence electrons. The van der Waals surface area contributed by atoms with Crippen LogP contribution < -0.4 is 0 Å². The van der Waals surface area contributed by atoms with Crippen molar-refractivity contribution in [3.05, 3.63) is 0 Å². The highest BCUT2D eigenvalue weighted by molar-refractivity contribution is 7.19. The lowest BCUT2D eigenvalue weighted by Gasteiger charge is -2.32. The number of aliphatic carboxylic acids is 1. The fourth-order valence-electron chi connectivity index (χ4n) is 1.62. The molecule has 0 aliphatic carbocycles. The van der Waals surface area contributed by atoms with Crippen molar-refractivity contribution in [3.8, 4) is 0 Å². The van der Waals surface area contributed by atoms with Crippen molar-refractivity contribution in [2.24, 2.45) is 5.41 Å². The van der Waals surface area contributed by atoms with Crippen LogP contribution in [0.1, 0.15) is 33.6 Å². The summed E-state index contributed by atoms with van der Waals surface area (Å²) < 4.78 is 4.94. The zero-order chi connectivity index (χ0) is 12.1. The third kappa shape index (κ3) is 2.91. The molecule has 5 heteroatoms. The number of carboxylic acids is 1. The van der Waals surface area contributed by atoms with Crippen LogP contribution >= 0.6 is 9.24 Å². The van der Waals surface area contributed by atoms with E-state index in [-0.39, 0.29) is 6.61 Å². The molecule has 0 bridgehead atoms. The third-order valence-electron chi connectivity index (χ3n) is 2.81. The highest BCUT2D eigenvalue weighted by Gasteiger charge is 2.45. The summed E-state index contributed by atoms with van der Waals surface area (Å²) in [6, 6.07) is 0. The summed E-state index contributed by atoms with van der Waals surface area (Å²) >= 11 is 0. The first-order valence-electron chi connectivity index (χ1n) is 5.11. The van der Waals surface area contributed by atoms with Gasteiger partial charge in [0.1, 0.15) is 0 Å². The van der Waals surface area contributed by atoms with Crippen LogP contribution in [0, 0.1) is 5.41 Å². The summed E-state index contributed by atoms with van der Waals surface area (Å²) in [7, 11) is 2.23. The fraction of sp³-hybridized carbons (Fsp3) is 0.800. The second kappa shape index (κ2) is 6.06. The average Bonchev–Trinajstić information content (AvgIpc) is 2.20. The number of ether oxygens (including phenoxy) is 1. The van der Waals surface area contributed by atoms with Gasteiger partial charge in [0.25, 0.3) is 0 Å². The van der Waals surface area contributed by atoms with Crippen molar-refractivity contribution in [1.82, 2.24) is 0 Å². The molecule has 0 aromatic carbocycles. The number of rotatable bonds is 6. The Balaban J connectivity index is 5.02. The minimum Gasteiger partial charge on any atom is -0.481 e. The smallest absolute Gasteiger partial charge is 0.313 e. The largest absolute Gasteiger partial charge is 0.481 e. The summed E-state index contributed by atoms with van der Waals surface area (Å²) in [5.41, 5.74) is -1.72. The SMILES string of the molecule is CCOC(=O)C(CC)(CC)C(P)C(=O)O. The van der Waals surface area contributed by atoms with E-state index in [0.717, 1.165) is 0 Å². The lowest BCUT2D eigenvalue weighted by atomic mass is 9.78. The molecular weight excluding hydrogens is 215 g/mol. The van der Waals surface area contributed by atoms with E-state index in [1.165, 1.54) is 0 Å². The van der Waals surface area contributed by atoms with Crippen molar-refractivity contribution >= 4 is 21.2 Å². The molecule has 1 N–H and O–H groups in total. The molecule has 0 aliphatic heterocycles. The predicted octanol–water partition coefficient (Wildman–Crippen LogP) is 1.68. The molecule has 4 nitrogen and oxygen atoms in total. The molecule has 0 saturated heterocycles. The molecular formula is C10H19O4P. The van der Waals surface area contributed by atoms with E-state index in [9.17, 15) is 9.59 Å². The summed E-state index contributed by atoms with van der Waals surface area (Å²) in [5, 5.41) is 8.97. The van der Waals surface area contributed by atoms with Crippen molar-refractivity contribution in [3.63, 3.8) is 0 Å². The summed E-state index contributed by atoms with van der Waals surface area (Å²) in [6.45, 7) is 5.60. The lowest BCUT2D eigenvalue weighted by molar-refractivity contribution is -0.160. The van der Waals surface area contributed by atoms with Gasteiger partial charge in [0.2, 0.25) is 0 Å². The molecule has 0 spiro atoms. The molecule has 0 heterocycles. The summed E-state index contributed by atoms with van der Waals surface area (Å²) in [4.78, 5) is 22.7. The Kier molecular flexibility index (Phi) is 5.81. The van der Waals surface area contributed by atoms with Crippen LogP contribution in [0.25, 0.3) is 0 Å². The Morgan fingerprint density at radius 1 is 1.33 bits per heavy atom. The number of carbonyl (C=O) groups is 2. The maximum Gasteiger partial charge on any atom is 0.313 e. The van der Waals surface area contributed by atoms with Gasteiger partial charge in [-0.25, -0.2) is 0 Å².